The number of rotatable bonds is 2. The number of nitrogens with zero attached hydrogens (tertiary/aromatic N) is 2. The van der Waals surface area contributed by atoms with Crippen LogP contribution >= 0.6 is 23.2 Å². The van der Waals surface area contributed by atoms with Crippen LogP contribution < -0.4 is 5.32 Å². The Morgan fingerprint density at radius 2 is 2.00 bits per heavy atom. The molecular formula is C11H6Cl2FN3O. The van der Waals surface area contributed by atoms with Crippen molar-refractivity contribution in [1.82, 2.24) is 9.97 Å². The molecule has 0 aliphatic carbocycles. The Bertz CT molecular complexity index is 607. The first kappa shape index (κ1) is 12.7. The number of carbonyl (C=O) groups is 1. The first-order valence-electron chi connectivity index (χ1n) is 4.80. The van der Waals surface area contributed by atoms with E-state index < -0.39 is 11.7 Å². The Balaban J connectivity index is 2.22. The van der Waals surface area contributed by atoms with Crippen molar-refractivity contribution in [2.45, 2.75) is 0 Å². The maximum atomic E-state index is 13.5. The van der Waals surface area contributed by atoms with Gasteiger partial charge in [0.2, 0.25) is 0 Å². The van der Waals surface area contributed by atoms with Crippen molar-refractivity contribution in [2.24, 2.45) is 0 Å². The van der Waals surface area contributed by atoms with E-state index in [1.807, 2.05) is 0 Å². The predicted octanol–water partition coefficient (Wildman–Crippen LogP) is 3.17. The van der Waals surface area contributed by atoms with Gasteiger partial charge in [0.15, 0.2) is 0 Å². The third-order valence-electron chi connectivity index (χ3n) is 2.05. The van der Waals surface area contributed by atoms with Crippen LogP contribution in [0.25, 0.3) is 0 Å². The maximum absolute atomic E-state index is 13.5. The number of anilines is 1. The van der Waals surface area contributed by atoms with Gasteiger partial charge >= 0.3 is 0 Å². The van der Waals surface area contributed by atoms with E-state index in [0.29, 0.717) is 0 Å². The number of carbonyl (C=O) groups excluding carboxylic acids is 1. The van der Waals surface area contributed by atoms with Crippen molar-refractivity contribution in [1.29, 1.82) is 0 Å². The molecule has 2 aromatic rings. The number of nitrogens with one attached hydrogen (secondary N) is 1. The van der Waals surface area contributed by atoms with Gasteiger partial charge in [-0.25, -0.2) is 14.4 Å². The number of aromatic nitrogens is 2. The van der Waals surface area contributed by atoms with Gasteiger partial charge in [-0.3, -0.25) is 4.79 Å². The highest BCUT2D eigenvalue weighted by Crippen LogP contribution is 2.16. The van der Waals surface area contributed by atoms with Crippen LogP contribution in [0.4, 0.5) is 10.2 Å². The minimum Gasteiger partial charge on any atom is -0.306 e. The summed E-state index contributed by atoms with van der Waals surface area (Å²) in [6, 6.07) is 5.12. The second kappa shape index (κ2) is 5.29. The first-order chi connectivity index (χ1) is 8.56. The highest BCUT2D eigenvalue weighted by Gasteiger charge is 2.12. The van der Waals surface area contributed by atoms with E-state index in [1.165, 1.54) is 24.5 Å². The third kappa shape index (κ3) is 2.94. The molecule has 0 spiro atoms. The summed E-state index contributed by atoms with van der Waals surface area (Å²) in [6.07, 6.45) is 1.19. The predicted molar refractivity (Wildman–Crippen MR) is 66.4 cm³/mol. The third-order valence-corrected chi connectivity index (χ3v) is 2.49. The molecule has 0 atom stereocenters. The molecule has 1 N–H and O–H groups in total. The summed E-state index contributed by atoms with van der Waals surface area (Å²) in [7, 11) is 0. The molecule has 1 aromatic carbocycles. The van der Waals surface area contributed by atoms with Crippen LogP contribution in [0.1, 0.15) is 10.4 Å². The molecule has 0 radical (unpaired) electrons. The summed E-state index contributed by atoms with van der Waals surface area (Å²) in [5.41, 5.74) is -0.130. The fourth-order valence-corrected chi connectivity index (χ4v) is 1.56. The molecule has 1 aromatic heterocycles. The normalized spacial score (nSPS) is 10.2. The van der Waals surface area contributed by atoms with Crippen LogP contribution in [0.5, 0.6) is 0 Å². The van der Waals surface area contributed by atoms with Crippen molar-refractivity contribution >= 4 is 34.9 Å². The Labute approximate surface area is 112 Å². The molecule has 18 heavy (non-hydrogen) atoms. The lowest BCUT2D eigenvalue weighted by Crippen LogP contribution is -2.14. The number of halogens is 3. The topological polar surface area (TPSA) is 54.9 Å². The van der Waals surface area contributed by atoms with Crippen LogP contribution in [0.2, 0.25) is 10.2 Å². The maximum Gasteiger partial charge on any atom is 0.259 e. The van der Waals surface area contributed by atoms with Gasteiger partial charge in [0.1, 0.15) is 23.1 Å². The lowest BCUT2D eigenvalue weighted by atomic mass is 10.2. The highest BCUT2D eigenvalue weighted by atomic mass is 35.5. The van der Waals surface area contributed by atoms with Gasteiger partial charge in [-0.2, -0.15) is 0 Å². The van der Waals surface area contributed by atoms with Crippen molar-refractivity contribution in [3.63, 3.8) is 0 Å². The summed E-state index contributed by atoms with van der Waals surface area (Å²) >= 11 is 11.2. The smallest absolute Gasteiger partial charge is 0.259 e. The van der Waals surface area contributed by atoms with Gasteiger partial charge in [-0.1, -0.05) is 23.2 Å². The summed E-state index contributed by atoms with van der Waals surface area (Å²) in [4.78, 5) is 19.2. The molecule has 1 amide bonds. The van der Waals surface area contributed by atoms with Gasteiger partial charge in [0.05, 0.1) is 5.56 Å². The minimum absolute atomic E-state index is 0.130. The molecule has 0 saturated carbocycles. The second-order valence-electron chi connectivity index (χ2n) is 3.30. The lowest BCUT2D eigenvalue weighted by Gasteiger charge is -2.05. The zero-order valence-electron chi connectivity index (χ0n) is 8.82. The van der Waals surface area contributed by atoms with E-state index >= 15 is 0 Å². The number of amides is 1. The Kier molecular flexibility index (Phi) is 3.74. The fraction of sp³-hybridized carbons (Fsp3) is 0. The first-order valence-corrected chi connectivity index (χ1v) is 5.56. The summed E-state index contributed by atoms with van der Waals surface area (Å²) < 4.78 is 13.5. The van der Waals surface area contributed by atoms with Crippen LogP contribution in [-0.4, -0.2) is 15.9 Å². The van der Waals surface area contributed by atoms with Gasteiger partial charge in [0, 0.05) is 11.1 Å². The molecule has 7 heteroatoms. The summed E-state index contributed by atoms with van der Waals surface area (Å²) in [6.45, 7) is 0. The van der Waals surface area contributed by atoms with E-state index in [2.05, 4.69) is 15.3 Å². The number of hydrogen-bond donors (Lipinski definition) is 1. The standard InChI is InChI=1S/C11H6Cl2FN3O/c12-6-1-2-7(8(14)3-6)11(18)17-10-4-9(13)15-5-16-10/h1-5H,(H,15,16,17,18). The number of hydrogen-bond acceptors (Lipinski definition) is 3. The summed E-state index contributed by atoms with van der Waals surface area (Å²) in [5.74, 6) is -1.16. The molecule has 4 nitrogen and oxygen atoms in total. The van der Waals surface area contributed by atoms with Crippen molar-refractivity contribution in [2.75, 3.05) is 5.32 Å². The van der Waals surface area contributed by atoms with Crippen molar-refractivity contribution in [3.05, 3.63) is 52.1 Å². The molecule has 1 heterocycles. The van der Waals surface area contributed by atoms with Crippen molar-refractivity contribution in [3.8, 4) is 0 Å². The second-order valence-corrected chi connectivity index (χ2v) is 4.13. The summed E-state index contributed by atoms with van der Waals surface area (Å²) in [5, 5.41) is 2.80. The molecule has 0 aliphatic heterocycles. The van der Waals surface area contributed by atoms with Gasteiger partial charge in [-0.05, 0) is 18.2 Å². The molecule has 0 fully saturated rings. The highest BCUT2D eigenvalue weighted by molar-refractivity contribution is 6.30. The van der Waals surface area contributed by atoms with Crippen LogP contribution in [0.3, 0.4) is 0 Å². The van der Waals surface area contributed by atoms with E-state index in [0.717, 1.165) is 6.07 Å². The molecular weight excluding hydrogens is 280 g/mol. The monoisotopic (exact) mass is 285 g/mol. The largest absolute Gasteiger partial charge is 0.306 e. The molecule has 2 rings (SSSR count). The van der Waals surface area contributed by atoms with Crippen molar-refractivity contribution < 1.29 is 9.18 Å². The van der Waals surface area contributed by atoms with E-state index in [1.54, 1.807) is 0 Å². The molecule has 0 unspecified atom stereocenters. The average Bonchev–Trinajstić information content (AvgIpc) is 2.28. The van der Waals surface area contributed by atoms with Gasteiger partial charge < -0.3 is 5.32 Å². The molecule has 0 bridgehead atoms. The molecule has 0 aliphatic rings. The van der Waals surface area contributed by atoms with E-state index in [-0.39, 0.29) is 21.6 Å². The van der Waals surface area contributed by atoms with E-state index in [9.17, 15) is 9.18 Å². The zero-order chi connectivity index (χ0) is 13.1. The minimum atomic E-state index is -0.708. The lowest BCUT2D eigenvalue weighted by molar-refractivity contribution is 0.102. The van der Waals surface area contributed by atoms with Crippen LogP contribution in [0.15, 0.2) is 30.6 Å². The van der Waals surface area contributed by atoms with Crippen LogP contribution in [-0.2, 0) is 0 Å². The van der Waals surface area contributed by atoms with Gasteiger partial charge in [-0.15, -0.1) is 0 Å². The molecule has 92 valence electrons. The Hall–Kier alpha value is -1.72. The van der Waals surface area contributed by atoms with Crippen LogP contribution in [0, 0.1) is 5.82 Å². The zero-order valence-corrected chi connectivity index (χ0v) is 10.3. The SMILES string of the molecule is O=C(Nc1cc(Cl)ncn1)c1ccc(Cl)cc1F. The number of benzene rings is 1. The quantitative estimate of drug-likeness (QED) is 0.863. The fourth-order valence-electron chi connectivity index (χ4n) is 1.26. The molecule has 0 saturated heterocycles. The van der Waals surface area contributed by atoms with E-state index in [4.69, 9.17) is 23.2 Å². The van der Waals surface area contributed by atoms with Gasteiger partial charge in [0.25, 0.3) is 5.91 Å². The average molecular weight is 286 g/mol. The Morgan fingerprint density at radius 1 is 1.22 bits per heavy atom. The Morgan fingerprint density at radius 3 is 2.67 bits per heavy atom.